The van der Waals surface area contributed by atoms with Crippen molar-refractivity contribution in [1.29, 1.82) is 0 Å². The van der Waals surface area contributed by atoms with Crippen molar-refractivity contribution in [3.63, 3.8) is 0 Å². The Morgan fingerprint density at radius 1 is 0.857 bits per heavy atom. The molecule has 0 radical (unpaired) electrons. The molecule has 8 nitrogen and oxygen atoms in total. The van der Waals surface area contributed by atoms with Gasteiger partial charge in [0.25, 0.3) is 5.91 Å². The zero-order valence-electron chi connectivity index (χ0n) is 14.0. The number of halogens is 1. The molecule has 0 bridgehead atoms. The summed E-state index contributed by atoms with van der Waals surface area (Å²) in [6, 6.07) is 13.6. The van der Waals surface area contributed by atoms with Crippen molar-refractivity contribution in [2.75, 3.05) is 5.32 Å². The van der Waals surface area contributed by atoms with E-state index < -0.39 is 25.8 Å². The maximum Gasteiger partial charge on any atom is 0.291 e. The Balaban J connectivity index is 1.79. The first kappa shape index (κ1) is 20.3. The molecule has 11 heteroatoms. The highest BCUT2D eigenvalue weighted by atomic mass is 79.9. The summed E-state index contributed by atoms with van der Waals surface area (Å²) in [7, 11) is -7.75. The quantitative estimate of drug-likeness (QED) is 0.570. The maximum atomic E-state index is 12.6. The molecule has 1 amide bonds. The highest BCUT2D eigenvalue weighted by molar-refractivity contribution is 9.10. The molecule has 3 aromatic rings. The summed E-state index contributed by atoms with van der Waals surface area (Å²) in [6.45, 7) is 0. The molecule has 28 heavy (non-hydrogen) atoms. The van der Waals surface area contributed by atoms with E-state index in [1.54, 1.807) is 12.1 Å². The van der Waals surface area contributed by atoms with Gasteiger partial charge in [-0.2, -0.15) is 0 Å². The van der Waals surface area contributed by atoms with Gasteiger partial charge in [0.05, 0.1) is 9.79 Å². The Bertz CT molecular complexity index is 1230. The molecule has 0 aliphatic carbocycles. The summed E-state index contributed by atoms with van der Waals surface area (Å²) in [5, 5.41) is 7.12. The standard InChI is InChI=1S/C17H13BrN2O6S2/c18-11-1-5-13(6-2-11)27(22,23)16-10-9-15(26-16)17(21)20-12-3-7-14(8-4-12)28(19,24)25/h1-10H,(H,20,21)(H2,19,24,25). The van der Waals surface area contributed by atoms with Crippen molar-refractivity contribution in [3.8, 4) is 0 Å². The molecule has 0 saturated carbocycles. The Labute approximate surface area is 169 Å². The van der Waals surface area contributed by atoms with Crippen molar-refractivity contribution in [1.82, 2.24) is 0 Å². The largest absolute Gasteiger partial charge is 0.439 e. The maximum absolute atomic E-state index is 12.6. The molecule has 0 saturated heterocycles. The number of hydrogen-bond acceptors (Lipinski definition) is 6. The number of sulfonamides is 1. The number of sulfone groups is 1. The third kappa shape index (κ3) is 4.33. The lowest BCUT2D eigenvalue weighted by atomic mass is 10.3. The van der Waals surface area contributed by atoms with E-state index in [-0.39, 0.29) is 26.3 Å². The van der Waals surface area contributed by atoms with Crippen LogP contribution in [-0.2, 0) is 19.9 Å². The SMILES string of the molecule is NS(=O)(=O)c1ccc(NC(=O)c2ccc(S(=O)(=O)c3ccc(Br)cc3)o2)cc1. The fourth-order valence-corrected chi connectivity index (χ4v) is 4.19. The number of anilines is 1. The molecule has 1 heterocycles. The molecule has 0 atom stereocenters. The molecule has 1 aromatic heterocycles. The zero-order valence-corrected chi connectivity index (χ0v) is 17.2. The number of amides is 1. The van der Waals surface area contributed by atoms with Gasteiger partial charge in [0.1, 0.15) is 0 Å². The molecule has 0 spiro atoms. The Morgan fingerprint density at radius 3 is 2.00 bits per heavy atom. The summed E-state index contributed by atoms with van der Waals surface area (Å²) in [4.78, 5) is 12.2. The lowest BCUT2D eigenvalue weighted by molar-refractivity contribution is 0.0991. The number of carbonyl (C=O) groups is 1. The van der Waals surface area contributed by atoms with Gasteiger partial charge in [-0.3, -0.25) is 4.79 Å². The topological polar surface area (TPSA) is 137 Å². The van der Waals surface area contributed by atoms with Crippen LogP contribution in [0.2, 0.25) is 0 Å². The second-order valence-electron chi connectivity index (χ2n) is 5.60. The number of carbonyl (C=O) groups excluding carboxylic acids is 1. The van der Waals surface area contributed by atoms with Crippen LogP contribution >= 0.6 is 15.9 Å². The molecule has 146 valence electrons. The lowest BCUT2D eigenvalue weighted by Crippen LogP contribution is -2.13. The van der Waals surface area contributed by atoms with Gasteiger partial charge in [-0.05, 0) is 60.7 Å². The number of furan rings is 1. The molecular formula is C17H13BrN2O6S2. The van der Waals surface area contributed by atoms with Gasteiger partial charge in [0.15, 0.2) is 5.76 Å². The molecule has 3 rings (SSSR count). The fourth-order valence-electron chi connectivity index (χ4n) is 2.24. The van der Waals surface area contributed by atoms with Crippen LogP contribution in [0.3, 0.4) is 0 Å². The number of nitrogens with one attached hydrogen (secondary N) is 1. The molecule has 3 N–H and O–H groups in total. The summed E-state index contributed by atoms with van der Waals surface area (Å²) < 4.78 is 53.5. The Kier molecular flexibility index (Phi) is 5.44. The number of benzene rings is 2. The second kappa shape index (κ2) is 7.51. The van der Waals surface area contributed by atoms with E-state index in [0.717, 1.165) is 4.47 Å². The van der Waals surface area contributed by atoms with Crippen LogP contribution in [0.15, 0.2) is 84.4 Å². The molecule has 0 aliphatic rings. The fraction of sp³-hybridized carbons (Fsp3) is 0. The van der Waals surface area contributed by atoms with E-state index in [4.69, 9.17) is 9.56 Å². The van der Waals surface area contributed by atoms with E-state index >= 15 is 0 Å². The van der Waals surface area contributed by atoms with E-state index in [9.17, 15) is 21.6 Å². The first-order valence-electron chi connectivity index (χ1n) is 7.62. The molecular weight excluding hydrogens is 472 g/mol. The Morgan fingerprint density at radius 2 is 1.43 bits per heavy atom. The van der Waals surface area contributed by atoms with E-state index in [2.05, 4.69) is 21.2 Å². The average molecular weight is 485 g/mol. The molecule has 0 unspecified atom stereocenters. The third-order valence-electron chi connectivity index (χ3n) is 3.63. The third-order valence-corrected chi connectivity index (χ3v) is 6.73. The van der Waals surface area contributed by atoms with E-state index in [1.807, 2.05) is 0 Å². The minimum absolute atomic E-state index is 0.0237. The van der Waals surface area contributed by atoms with Crippen LogP contribution in [0, 0.1) is 0 Å². The van der Waals surface area contributed by atoms with E-state index in [0.29, 0.717) is 0 Å². The molecule has 0 aliphatic heterocycles. The minimum Gasteiger partial charge on any atom is -0.439 e. The minimum atomic E-state index is -3.91. The van der Waals surface area contributed by atoms with Crippen molar-refractivity contribution in [2.45, 2.75) is 14.9 Å². The number of hydrogen-bond donors (Lipinski definition) is 2. The highest BCUT2D eigenvalue weighted by Gasteiger charge is 2.23. The Hall–Kier alpha value is -2.47. The summed E-state index contributed by atoms with van der Waals surface area (Å²) in [5.74, 6) is -0.910. The van der Waals surface area contributed by atoms with Crippen molar-refractivity contribution < 1.29 is 26.0 Å². The average Bonchev–Trinajstić information content (AvgIpc) is 3.13. The van der Waals surface area contributed by atoms with Gasteiger partial charge in [0, 0.05) is 10.2 Å². The summed E-state index contributed by atoms with van der Waals surface area (Å²) >= 11 is 3.23. The molecule has 0 fully saturated rings. The number of rotatable bonds is 5. The molecule has 2 aromatic carbocycles. The first-order chi connectivity index (χ1) is 13.1. The number of primary sulfonamides is 1. The smallest absolute Gasteiger partial charge is 0.291 e. The highest BCUT2D eigenvalue weighted by Crippen LogP contribution is 2.25. The first-order valence-corrected chi connectivity index (χ1v) is 11.4. The van der Waals surface area contributed by atoms with Gasteiger partial charge in [-0.1, -0.05) is 15.9 Å². The van der Waals surface area contributed by atoms with Crippen LogP contribution in [0.4, 0.5) is 5.69 Å². The second-order valence-corrected chi connectivity index (χ2v) is 9.96. The monoisotopic (exact) mass is 484 g/mol. The van der Waals surface area contributed by atoms with Crippen LogP contribution < -0.4 is 10.5 Å². The lowest BCUT2D eigenvalue weighted by Gasteiger charge is -2.04. The van der Waals surface area contributed by atoms with Gasteiger partial charge in [0.2, 0.25) is 25.0 Å². The van der Waals surface area contributed by atoms with Crippen molar-refractivity contribution in [3.05, 3.63) is 70.9 Å². The van der Waals surface area contributed by atoms with Gasteiger partial charge in [-0.25, -0.2) is 22.0 Å². The predicted molar refractivity (Wildman–Crippen MR) is 104 cm³/mol. The van der Waals surface area contributed by atoms with Crippen LogP contribution in [-0.4, -0.2) is 22.7 Å². The van der Waals surface area contributed by atoms with E-state index in [1.165, 1.54) is 48.5 Å². The van der Waals surface area contributed by atoms with Crippen LogP contribution in [0.5, 0.6) is 0 Å². The summed E-state index contributed by atoms with van der Waals surface area (Å²) in [6.07, 6.45) is 0. The number of nitrogens with two attached hydrogens (primary N) is 1. The van der Waals surface area contributed by atoms with Gasteiger partial charge >= 0.3 is 0 Å². The van der Waals surface area contributed by atoms with Gasteiger partial charge < -0.3 is 9.73 Å². The van der Waals surface area contributed by atoms with Crippen LogP contribution in [0.25, 0.3) is 0 Å². The van der Waals surface area contributed by atoms with Crippen LogP contribution in [0.1, 0.15) is 10.6 Å². The van der Waals surface area contributed by atoms with Crippen molar-refractivity contribution in [2.24, 2.45) is 5.14 Å². The zero-order chi connectivity index (χ0) is 20.5. The van der Waals surface area contributed by atoms with Crippen molar-refractivity contribution >= 4 is 47.4 Å². The predicted octanol–water partition coefficient (Wildman–Crippen LogP) is 2.77. The normalized spacial score (nSPS) is 11.9. The van der Waals surface area contributed by atoms with Gasteiger partial charge in [-0.15, -0.1) is 0 Å². The summed E-state index contributed by atoms with van der Waals surface area (Å²) in [5.41, 5.74) is 0.283.